The van der Waals surface area contributed by atoms with E-state index < -0.39 is 22.9 Å². The van der Waals surface area contributed by atoms with Crippen LogP contribution in [-0.4, -0.2) is 200 Å². The van der Waals surface area contributed by atoms with E-state index in [9.17, 15) is 29.1 Å². The lowest BCUT2D eigenvalue weighted by atomic mass is 9.78. The second-order valence-electron chi connectivity index (χ2n) is 40.8. The highest BCUT2D eigenvalue weighted by Crippen LogP contribution is 2.39. The first kappa shape index (κ1) is 119. The van der Waals surface area contributed by atoms with Crippen LogP contribution in [0.25, 0.3) is 11.1 Å². The summed E-state index contributed by atoms with van der Waals surface area (Å²) in [5.74, 6) is 0.0483. The predicted octanol–water partition coefficient (Wildman–Crippen LogP) is 26.9. The molecule has 7 aliphatic heterocycles. The first-order valence-corrected chi connectivity index (χ1v) is 55.1. The minimum absolute atomic E-state index is 0.0483. The van der Waals surface area contributed by atoms with Crippen LogP contribution in [0.1, 0.15) is 199 Å². The fourth-order valence-electron chi connectivity index (χ4n) is 16.1. The average molecular weight is 2430 g/mol. The standard InChI is InChI=1S/C21H32BNO5.C19H23NO4.C17H16BrNO2.C17H18BrNO.C15H20BrNO3.C15H16BrNO.C8H7BrO.C7H5BrO/c1-19(2,3)26-18(24)23-12-13-25-17(14-23)15-8-10-16(11-9-15)22-27-20(4,5)21(6,7)28-22;1-19(2,3)24-18(21)20-9-11-23-17(12-20)15-6-4-14(5-7-15)16-8-10-22-13-16;18-15-8-6-14(7-9-15)16-11-19(17(20)12-21-16)10-13-4-2-1-3-5-13;18-16-8-6-15(7-9-16)17-13-19(10-11-20-17)12-14-4-2-1-3-5-14;1-15(2,3)20-14(18)17-8-9-19-13(10-17)11-4-6-12(16)7-5-11;16-14-8-6-13(7-9-14)15(18)11-17-10-12-4-2-1-3-5-12;9-7-3-1-6(2-4-7)8-5-10-8;8-7-3-1-6(5-9)2-4-7/h8-11,17H,12-14H2,1-7H3;4-8,10,13,17H,9,11-12H2,1-3H3;1-9,16H,10-12H2;1-9,17H,10-13H2;4-7,13H,8-10H2,1-3H3;1-9,15,17-18H,10-11H2;1-4,8H,5H2;1-5H. The highest BCUT2D eigenvalue weighted by Gasteiger charge is 2.52. The number of carbonyl (C=O) groups excluding carboxylic acids is 5. The number of amides is 4. The molecule has 7 fully saturated rings. The Morgan fingerprint density at radius 3 is 1.12 bits per heavy atom. The smallest absolute Gasteiger partial charge is 0.472 e. The van der Waals surface area contributed by atoms with Crippen LogP contribution in [0.2, 0.25) is 0 Å². The van der Waals surface area contributed by atoms with Gasteiger partial charge >= 0.3 is 25.4 Å². The van der Waals surface area contributed by atoms with Crippen molar-refractivity contribution in [3.63, 3.8) is 0 Å². The van der Waals surface area contributed by atoms with Crippen molar-refractivity contribution < 1.29 is 85.4 Å². The number of epoxide rings is 1. The third-order valence-electron chi connectivity index (χ3n) is 25.0. The summed E-state index contributed by atoms with van der Waals surface area (Å²) in [5.41, 5.74) is 13.1. The maximum absolute atomic E-state index is 12.4. The molecule has 4 amide bonds. The molecule has 11 aromatic carbocycles. The maximum atomic E-state index is 12.4. The number of nitrogens with one attached hydrogen (secondary N) is 1. The minimum Gasteiger partial charge on any atom is -0.472 e. The molecule has 7 atom stereocenters. The summed E-state index contributed by atoms with van der Waals surface area (Å²) >= 11 is 20.3. The van der Waals surface area contributed by atoms with Crippen LogP contribution in [-0.2, 0) is 76.4 Å². The number of aliphatic hydroxyl groups is 1. The van der Waals surface area contributed by atoms with E-state index in [1.54, 1.807) is 39.4 Å². The summed E-state index contributed by atoms with van der Waals surface area (Å²) < 4.78 is 74.2. The van der Waals surface area contributed by atoms with Crippen LogP contribution >= 0.6 is 95.6 Å². The fourth-order valence-corrected chi connectivity index (χ4v) is 17.7. The fraction of sp³-hybridized carbons (Fsp3) is 0.370. The molecule has 19 rings (SSSR count). The first-order valence-electron chi connectivity index (χ1n) is 50.3. The SMILES string of the molecule is Brc1ccc(C2CN(Cc3ccccc3)CCO2)cc1.Brc1ccc(C2CO2)cc1.CC(C)(C)OC(=O)N1CCOC(c2ccc(-c3ccoc3)cc2)C1.CC(C)(C)OC(=O)N1CCOC(c2ccc(B3OC(C)(C)C(C)(C)O3)cc2)C1.CC(C)(C)OC(=O)N1CCOC(c2ccc(Br)cc2)C1.O=C1COC(c2ccc(Br)cc2)CN1Cc1ccccc1.O=Cc1ccc(Br)cc1.OC(CNCc1ccccc1)c1ccc(Br)cc1. The molecule has 1 aromatic heterocycles. The lowest BCUT2D eigenvalue weighted by Gasteiger charge is -2.34. The molecule has 796 valence electrons. The number of aliphatic hydroxyl groups excluding tert-OH is 1. The van der Waals surface area contributed by atoms with Gasteiger partial charge in [0.15, 0.2) is 0 Å². The normalized spacial score (nSPS) is 19.0. The van der Waals surface area contributed by atoms with E-state index in [4.69, 9.17) is 56.4 Å². The van der Waals surface area contributed by atoms with Gasteiger partial charge in [0, 0.05) is 96.9 Å². The Hall–Kier alpha value is -9.85. The molecule has 7 aliphatic rings. The van der Waals surface area contributed by atoms with Crippen LogP contribution in [0.15, 0.2) is 335 Å². The van der Waals surface area contributed by atoms with Gasteiger partial charge in [0.05, 0.1) is 95.1 Å². The van der Waals surface area contributed by atoms with Gasteiger partial charge in [-0.15, -0.1) is 0 Å². The zero-order valence-corrected chi connectivity index (χ0v) is 96.9. The molecule has 2 N–H and O–H groups in total. The van der Waals surface area contributed by atoms with E-state index in [0.29, 0.717) is 90.4 Å². The van der Waals surface area contributed by atoms with Crippen LogP contribution in [0.3, 0.4) is 0 Å². The number of nitrogens with zero attached hydrogens (tertiary/aromatic N) is 5. The molecule has 150 heavy (non-hydrogen) atoms. The van der Waals surface area contributed by atoms with Gasteiger partial charge in [0.25, 0.3) is 0 Å². The molecule has 24 nitrogen and oxygen atoms in total. The first-order chi connectivity index (χ1) is 71.6. The van der Waals surface area contributed by atoms with Crippen molar-refractivity contribution >= 4 is 139 Å². The molecule has 31 heteroatoms. The summed E-state index contributed by atoms with van der Waals surface area (Å²) in [6.45, 7) is 37.1. The Labute approximate surface area is 934 Å². The highest BCUT2D eigenvalue weighted by molar-refractivity contribution is 9.11. The Kier molecular flexibility index (Phi) is 45.9. The molecule has 8 heterocycles. The molecule has 0 radical (unpaired) electrons. The molecular formula is C119H137BBr6N6O18. The summed E-state index contributed by atoms with van der Waals surface area (Å²) in [7, 11) is -0.385. The van der Waals surface area contributed by atoms with E-state index in [2.05, 4.69) is 185 Å². The van der Waals surface area contributed by atoms with Gasteiger partial charge in [0.2, 0.25) is 5.91 Å². The lowest BCUT2D eigenvalue weighted by molar-refractivity contribution is -0.150. The number of hydrogen-bond donors (Lipinski definition) is 2. The number of benzene rings is 11. The number of ether oxygens (including phenoxy) is 9. The van der Waals surface area contributed by atoms with Gasteiger partial charge in [-0.2, -0.15) is 0 Å². The van der Waals surface area contributed by atoms with Crippen molar-refractivity contribution in [3.05, 3.63) is 392 Å². The van der Waals surface area contributed by atoms with E-state index in [1.165, 1.54) is 22.3 Å². The Bertz CT molecular complexity index is 6090. The quantitative estimate of drug-likeness (QED) is 0.0350. The van der Waals surface area contributed by atoms with Gasteiger partial charge in [-0.25, -0.2) is 14.4 Å². The van der Waals surface area contributed by atoms with E-state index in [-0.39, 0.29) is 79.6 Å². The Morgan fingerprint density at radius 1 is 0.407 bits per heavy atom. The van der Waals surface area contributed by atoms with E-state index in [0.717, 1.165) is 122 Å². The second-order valence-corrected chi connectivity index (χ2v) is 46.3. The van der Waals surface area contributed by atoms with Crippen molar-refractivity contribution in [2.24, 2.45) is 0 Å². The lowest BCUT2D eigenvalue weighted by Crippen LogP contribution is -2.44. The molecular weight excluding hydrogens is 2290 g/mol. The summed E-state index contributed by atoms with van der Waals surface area (Å²) in [6.07, 6.45) is 2.98. The van der Waals surface area contributed by atoms with Crippen molar-refractivity contribution in [2.45, 2.75) is 180 Å². The molecule has 7 unspecified atom stereocenters. The Balaban J connectivity index is 0.000000155. The van der Waals surface area contributed by atoms with Gasteiger partial charge in [0.1, 0.15) is 60.2 Å². The highest BCUT2D eigenvalue weighted by atomic mass is 79.9. The van der Waals surface area contributed by atoms with Crippen LogP contribution < -0.4 is 10.8 Å². The largest absolute Gasteiger partial charge is 0.494 e. The average Bonchev–Trinajstić information content (AvgIpc) is 1.62. The topological polar surface area (TPSA) is 252 Å². The molecule has 0 bridgehead atoms. The number of aldehydes is 1. The third-order valence-corrected chi connectivity index (χ3v) is 28.1. The van der Waals surface area contributed by atoms with Gasteiger partial charge in [-0.05, 0) is 236 Å². The Morgan fingerprint density at radius 2 is 0.747 bits per heavy atom. The molecule has 12 aromatic rings. The maximum Gasteiger partial charge on any atom is 0.494 e. The molecule has 0 spiro atoms. The van der Waals surface area contributed by atoms with Crippen LogP contribution in [0.4, 0.5) is 14.4 Å². The number of furan rings is 1. The molecule has 0 aliphatic carbocycles. The third kappa shape index (κ3) is 39.9. The summed E-state index contributed by atoms with van der Waals surface area (Å²) in [6, 6.07) is 96.6. The number of rotatable bonds is 18. The van der Waals surface area contributed by atoms with Crippen molar-refractivity contribution in [3.8, 4) is 11.1 Å². The summed E-state index contributed by atoms with van der Waals surface area (Å²) in [5, 5.41) is 13.3. The van der Waals surface area contributed by atoms with Crippen molar-refractivity contribution in [1.82, 2.24) is 29.8 Å². The van der Waals surface area contributed by atoms with Gasteiger partial charge in [-0.1, -0.05) is 308 Å². The van der Waals surface area contributed by atoms with Gasteiger partial charge < -0.3 is 86.4 Å². The summed E-state index contributed by atoms with van der Waals surface area (Å²) in [4.78, 5) is 68.3. The van der Waals surface area contributed by atoms with E-state index in [1.807, 2.05) is 295 Å². The van der Waals surface area contributed by atoms with Crippen molar-refractivity contribution in [1.29, 1.82) is 0 Å². The number of carbonyl (C=O) groups is 5. The van der Waals surface area contributed by atoms with Gasteiger partial charge in [-0.3, -0.25) is 14.5 Å². The molecule has 0 saturated carbocycles. The number of morpholine rings is 5. The monoisotopic (exact) mass is 2420 g/mol. The van der Waals surface area contributed by atoms with Crippen molar-refractivity contribution in [2.75, 3.05) is 105 Å². The predicted molar refractivity (Wildman–Crippen MR) is 609 cm³/mol. The number of halogens is 6. The zero-order valence-electron chi connectivity index (χ0n) is 87.4. The minimum atomic E-state index is -0.505. The number of hydrogen-bond acceptors (Lipinski definition) is 20. The van der Waals surface area contributed by atoms with Crippen LogP contribution in [0, 0.1) is 0 Å². The van der Waals surface area contributed by atoms with Crippen LogP contribution in [0.5, 0.6) is 0 Å². The molecule has 7 saturated heterocycles. The second kappa shape index (κ2) is 57.9. The zero-order chi connectivity index (χ0) is 108. The van der Waals surface area contributed by atoms with E-state index >= 15 is 0 Å².